The number of ketones is 1. The third kappa shape index (κ3) is 6.26. The van der Waals surface area contributed by atoms with Crippen LogP contribution in [-0.4, -0.2) is 28.8 Å². The van der Waals surface area contributed by atoms with Crippen LogP contribution in [0.4, 0.5) is 0 Å². The van der Waals surface area contributed by atoms with Gasteiger partial charge in [0.15, 0.2) is 5.78 Å². The lowest BCUT2D eigenvalue weighted by molar-refractivity contribution is -0.139. The Morgan fingerprint density at radius 2 is 1.63 bits per heavy atom. The number of rotatable bonds is 10. The van der Waals surface area contributed by atoms with Crippen LogP contribution >= 0.6 is 0 Å². The maximum Gasteiger partial charge on any atom is 0.311 e. The molecule has 186 valence electrons. The normalized spacial score (nSPS) is 15.5. The maximum atomic E-state index is 13.1. The van der Waals surface area contributed by atoms with Crippen LogP contribution in [0, 0.1) is 0 Å². The quantitative estimate of drug-likeness (QED) is 0.354. The van der Waals surface area contributed by atoms with Crippen molar-refractivity contribution in [1.82, 2.24) is 0 Å². The van der Waals surface area contributed by atoms with E-state index in [1.54, 1.807) is 24.3 Å². The van der Waals surface area contributed by atoms with Gasteiger partial charge in [0, 0.05) is 25.0 Å². The minimum atomic E-state index is -0.895. The molecule has 0 amide bonds. The summed E-state index contributed by atoms with van der Waals surface area (Å²) in [6, 6.07) is 9.77. The van der Waals surface area contributed by atoms with Gasteiger partial charge in [0.1, 0.15) is 28.9 Å². The zero-order valence-electron chi connectivity index (χ0n) is 20.2. The Labute approximate surface area is 204 Å². The number of hydrogen-bond acceptors (Lipinski definition) is 7. The van der Waals surface area contributed by atoms with Crippen molar-refractivity contribution in [2.24, 2.45) is 0 Å². The third-order valence-corrected chi connectivity index (χ3v) is 5.74. The van der Waals surface area contributed by atoms with Crippen LogP contribution in [0.3, 0.4) is 0 Å². The van der Waals surface area contributed by atoms with Crippen LogP contribution in [0.1, 0.15) is 92.8 Å². The van der Waals surface area contributed by atoms with Gasteiger partial charge in [-0.2, -0.15) is 0 Å². The Kier molecular flexibility index (Phi) is 8.63. The van der Waals surface area contributed by atoms with E-state index in [9.17, 15) is 24.3 Å². The van der Waals surface area contributed by atoms with Gasteiger partial charge in [-0.15, -0.1) is 0 Å². The van der Waals surface area contributed by atoms with Crippen molar-refractivity contribution in [2.45, 2.75) is 71.3 Å². The van der Waals surface area contributed by atoms with Gasteiger partial charge in [0.2, 0.25) is 0 Å². The minimum absolute atomic E-state index is 0.00583. The first-order valence-electron chi connectivity index (χ1n) is 11.9. The molecule has 0 aliphatic carbocycles. The van der Waals surface area contributed by atoms with Crippen molar-refractivity contribution in [3.8, 4) is 17.2 Å². The highest BCUT2D eigenvalue weighted by Gasteiger charge is 2.33. The smallest absolute Gasteiger partial charge is 0.311 e. The number of carboxylic acids is 1. The second kappa shape index (κ2) is 11.6. The topological polar surface area (TPSA) is 116 Å². The minimum Gasteiger partial charge on any atom is -0.484 e. The molecule has 0 radical (unpaired) electrons. The van der Waals surface area contributed by atoms with E-state index in [4.69, 9.17) is 14.2 Å². The number of aliphatic carboxylic acids is 1. The molecular formula is C27H30O8. The highest BCUT2D eigenvalue weighted by molar-refractivity contribution is 6.03. The highest BCUT2D eigenvalue weighted by atomic mass is 16.6. The summed E-state index contributed by atoms with van der Waals surface area (Å²) >= 11 is 0. The van der Waals surface area contributed by atoms with Gasteiger partial charge in [-0.05, 0) is 30.4 Å². The first kappa shape index (κ1) is 25.9. The molecule has 0 bridgehead atoms. The second-order valence-electron chi connectivity index (χ2n) is 8.44. The fourth-order valence-electron chi connectivity index (χ4n) is 3.98. The summed E-state index contributed by atoms with van der Waals surface area (Å²) < 4.78 is 16.9. The third-order valence-electron chi connectivity index (χ3n) is 5.74. The predicted octanol–water partition coefficient (Wildman–Crippen LogP) is 5.38. The number of carbonyl (C=O) groups excluding carboxylic acids is 3. The lowest BCUT2D eigenvalue weighted by Gasteiger charge is -2.27. The van der Waals surface area contributed by atoms with E-state index >= 15 is 0 Å². The summed E-state index contributed by atoms with van der Waals surface area (Å²) in [5.74, 6) is -2.44. The van der Waals surface area contributed by atoms with Crippen molar-refractivity contribution in [3.05, 3.63) is 53.1 Å². The molecule has 3 rings (SSSR count). The summed E-state index contributed by atoms with van der Waals surface area (Å²) in [5.41, 5.74) is 1.50. The Morgan fingerprint density at radius 1 is 1.00 bits per heavy atom. The Morgan fingerprint density at radius 3 is 2.20 bits per heavy atom. The van der Waals surface area contributed by atoms with Crippen LogP contribution in [0.15, 0.2) is 36.4 Å². The van der Waals surface area contributed by atoms with E-state index in [1.807, 2.05) is 20.8 Å². The van der Waals surface area contributed by atoms with Gasteiger partial charge in [-0.25, -0.2) is 0 Å². The Hall–Kier alpha value is -3.68. The van der Waals surface area contributed by atoms with Gasteiger partial charge < -0.3 is 19.3 Å². The molecule has 0 spiro atoms. The molecule has 0 saturated heterocycles. The average molecular weight is 483 g/mol. The standard InChI is InChI=1S/C27H30O8/c1-4-7-24(29)33-18-13-22-26(23(14-18)35-25(30)8-5-2)20(28)15-21(34-22)17-11-9-16(10-12-17)19(6-3)27(31)32/h9-14,19,21H,4-8,15H2,1-3H3,(H,31,32). The van der Waals surface area contributed by atoms with Crippen molar-refractivity contribution < 1.29 is 38.5 Å². The molecule has 1 N–H and O–H groups in total. The van der Waals surface area contributed by atoms with E-state index < -0.39 is 29.9 Å². The summed E-state index contributed by atoms with van der Waals surface area (Å²) in [6.07, 6.45) is 1.41. The lowest BCUT2D eigenvalue weighted by atomic mass is 9.92. The van der Waals surface area contributed by atoms with Crippen LogP contribution in [0.2, 0.25) is 0 Å². The number of ether oxygens (including phenoxy) is 3. The van der Waals surface area contributed by atoms with Crippen molar-refractivity contribution in [2.75, 3.05) is 0 Å². The van der Waals surface area contributed by atoms with E-state index in [0.717, 1.165) is 0 Å². The van der Waals surface area contributed by atoms with Crippen molar-refractivity contribution in [1.29, 1.82) is 0 Å². The average Bonchev–Trinajstić information content (AvgIpc) is 2.79. The van der Waals surface area contributed by atoms with Crippen molar-refractivity contribution >= 4 is 23.7 Å². The van der Waals surface area contributed by atoms with Crippen molar-refractivity contribution in [3.63, 3.8) is 0 Å². The molecule has 2 aromatic carbocycles. The monoisotopic (exact) mass is 482 g/mol. The molecular weight excluding hydrogens is 452 g/mol. The molecule has 1 aliphatic heterocycles. The van der Waals surface area contributed by atoms with Crippen LogP contribution in [-0.2, 0) is 14.4 Å². The lowest BCUT2D eigenvalue weighted by Crippen LogP contribution is -2.22. The Bertz CT molecular complexity index is 1100. The molecule has 8 heteroatoms. The van der Waals surface area contributed by atoms with Crippen LogP contribution in [0.25, 0.3) is 0 Å². The van der Waals surface area contributed by atoms with Crippen LogP contribution in [0.5, 0.6) is 17.2 Å². The molecule has 1 aliphatic rings. The Balaban J connectivity index is 1.93. The van der Waals surface area contributed by atoms with E-state index in [0.29, 0.717) is 30.4 Å². The van der Waals surface area contributed by atoms with Gasteiger partial charge >= 0.3 is 17.9 Å². The molecule has 2 unspecified atom stereocenters. The molecule has 8 nitrogen and oxygen atoms in total. The number of fused-ring (bicyclic) bond motifs is 1. The van der Waals surface area contributed by atoms with Gasteiger partial charge in [0.25, 0.3) is 0 Å². The fourth-order valence-corrected chi connectivity index (χ4v) is 3.98. The second-order valence-corrected chi connectivity index (χ2v) is 8.44. The molecule has 2 aromatic rings. The molecule has 35 heavy (non-hydrogen) atoms. The van der Waals surface area contributed by atoms with Gasteiger partial charge in [-0.1, -0.05) is 45.0 Å². The largest absolute Gasteiger partial charge is 0.484 e. The first-order valence-corrected chi connectivity index (χ1v) is 11.9. The fraction of sp³-hybridized carbons (Fsp3) is 0.407. The van der Waals surface area contributed by atoms with E-state index in [-0.39, 0.29) is 47.9 Å². The molecule has 0 saturated carbocycles. The predicted molar refractivity (Wildman–Crippen MR) is 127 cm³/mol. The van der Waals surface area contributed by atoms with Gasteiger partial charge in [-0.3, -0.25) is 19.2 Å². The number of benzene rings is 2. The zero-order valence-corrected chi connectivity index (χ0v) is 20.2. The SMILES string of the molecule is CCCC(=O)Oc1cc(OC(=O)CCC)c2c(c1)OC(c1ccc(C(CC)C(=O)O)cc1)CC2=O. The molecule has 0 aromatic heterocycles. The molecule has 2 atom stereocenters. The maximum absolute atomic E-state index is 13.1. The number of Topliss-reactive ketones (excluding diaryl/α,β-unsaturated/α-hetero) is 1. The molecule has 0 fully saturated rings. The summed E-state index contributed by atoms with van der Waals surface area (Å²) in [4.78, 5) is 48.8. The summed E-state index contributed by atoms with van der Waals surface area (Å²) in [5, 5.41) is 9.39. The number of carboxylic acid groups (broad SMARTS) is 1. The number of hydrogen-bond donors (Lipinski definition) is 1. The van der Waals surface area contributed by atoms with Gasteiger partial charge in [0.05, 0.1) is 12.3 Å². The van der Waals surface area contributed by atoms with Crippen LogP contribution < -0.4 is 14.2 Å². The first-order chi connectivity index (χ1) is 16.8. The molecule has 1 heterocycles. The summed E-state index contributed by atoms with van der Waals surface area (Å²) in [6.45, 7) is 5.49. The van der Waals surface area contributed by atoms with E-state index in [1.165, 1.54) is 12.1 Å². The van der Waals surface area contributed by atoms with E-state index in [2.05, 4.69) is 0 Å². The number of carbonyl (C=O) groups is 4. The zero-order chi connectivity index (χ0) is 25.5. The number of esters is 2. The highest BCUT2D eigenvalue weighted by Crippen LogP contribution is 2.43. The summed E-state index contributed by atoms with van der Waals surface area (Å²) in [7, 11) is 0.